The van der Waals surface area contributed by atoms with Crippen LogP contribution in [0.3, 0.4) is 0 Å². The minimum absolute atomic E-state index is 0.232. The summed E-state index contributed by atoms with van der Waals surface area (Å²) in [5.74, 6) is -0.878. The third kappa shape index (κ3) is 2.99. The van der Waals surface area contributed by atoms with Crippen LogP contribution in [0.2, 0.25) is 0 Å². The van der Waals surface area contributed by atoms with E-state index in [0.717, 1.165) is 13.2 Å². The molecule has 1 aromatic rings. The van der Waals surface area contributed by atoms with Gasteiger partial charge in [-0.2, -0.15) is 0 Å². The van der Waals surface area contributed by atoms with E-state index in [2.05, 4.69) is 20.4 Å². The first kappa shape index (κ1) is 13.0. The van der Waals surface area contributed by atoms with Crippen LogP contribution in [-0.4, -0.2) is 18.1 Å². The van der Waals surface area contributed by atoms with Crippen LogP contribution in [0.1, 0.15) is 10.4 Å². The molecule has 0 saturated heterocycles. The van der Waals surface area contributed by atoms with Crippen molar-refractivity contribution in [3.63, 3.8) is 0 Å². The van der Waals surface area contributed by atoms with Gasteiger partial charge in [-0.15, -0.1) is 15.5 Å². The molecular weight excluding hydrogens is 274 g/mol. The van der Waals surface area contributed by atoms with E-state index in [-0.39, 0.29) is 5.56 Å². The van der Waals surface area contributed by atoms with E-state index in [1.807, 2.05) is 0 Å². The molecular formula is C7H6ClF4NO2S. The lowest BCUT2D eigenvalue weighted by Crippen LogP contribution is -2.09. The lowest BCUT2D eigenvalue weighted by molar-refractivity contribution is 0.0600. The number of hydrogen-bond acceptors (Lipinski definition) is 3. The maximum atomic E-state index is 12.6. The van der Waals surface area contributed by atoms with E-state index < -0.39 is 20.0 Å². The number of carbonyl (C=O) groups is 1. The quantitative estimate of drug-likeness (QED) is 0.611. The maximum Gasteiger partial charge on any atom is 0.339 e. The average molecular weight is 280 g/mol. The van der Waals surface area contributed by atoms with E-state index in [9.17, 15) is 20.3 Å². The Morgan fingerprint density at radius 2 is 1.94 bits per heavy atom. The van der Waals surface area contributed by atoms with Gasteiger partial charge < -0.3 is 4.74 Å². The van der Waals surface area contributed by atoms with E-state index >= 15 is 0 Å². The van der Waals surface area contributed by atoms with Gasteiger partial charge in [-0.25, -0.2) is 9.78 Å². The van der Waals surface area contributed by atoms with Crippen LogP contribution in [0.15, 0.2) is 23.4 Å². The summed E-state index contributed by atoms with van der Waals surface area (Å²) in [6, 6.07) is 1.02. The van der Waals surface area contributed by atoms with Crippen LogP contribution in [0.5, 0.6) is 0 Å². The molecule has 0 aromatic carbocycles. The second-order valence-electron chi connectivity index (χ2n) is 2.85. The highest BCUT2D eigenvalue weighted by Gasteiger charge is 2.64. The molecule has 9 heteroatoms. The van der Waals surface area contributed by atoms with Gasteiger partial charge in [0, 0.05) is 16.9 Å². The van der Waals surface area contributed by atoms with Crippen molar-refractivity contribution in [1.29, 1.82) is 0 Å². The molecule has 1 rings (SSSR count). The molecule has 1 heterocycles. The Labute approximate surface area is 92.3 Å². The molecule has 0 aliphatic heterocycles. The lowest BCUT2D eigenvalue weighted by Gasteiger charge is -2.41. The zero-order valence-corrected chi connectivity index (χ0v) is 9.37. The molecule has 0 spiro atoms. The molecule has 0 N–H and O–H groups in total. The minimum atomic E-state index is -8.79. The van der Waals surface area contributed by atoms with E-state index in [0.29, 0.717) is 12.3 Å². The molecule has 0 bridgehead atoms. The van der Waals surface area contributed by atoms with Crippen molar-refractivity contribution in [1.82, 2.24) is 4.98 Å². The van der Waals surface area contributed by atoms with Crippen LogP contribution >= 0.6 is 19.7 Å². The average Bonchev–Trinajstić information content (AvgIpc) is 2.13. The summed E-state index contributed by atoms with van der Waals surface area (Å²) in [4.78, 5) is 13.7. The molecule has 0 atom stereocenters. The number of halogens is 5. The monoisotopic (exact) mass is 279 g/mol. The second-order valence-corrected chi connectivity index (χ2v) is 7.06. The Bertz CT molecular complexity index is 429. The zero-order chi connectivity index (χ0) is 12.7. The number of aromatic nitrogens is 1. The normalized spacial score (nSPS) is 16.1. The predicted octanol–water partition coefficient (Wildman–Crippen LogP) is 3.79. The number of rotatable bonds is 2. The van der Waals surface area contributed by atoms with Crippen molar-refractivity contribution in [2.75, 3.05) is 7.11 Å². The molecule has 0 saturated carbocycles. The first-order valence-electron chi connectivity index (χ1n) is 3.72. The van der Waals surface area contributed by atoms with Gasteiger partial charge in [0.15, 0.2) is 5.03 Å². The highest BCUT2D eigenvalue weighted by Crippen LogP contribution is 3.03. The van der Waals surface area contributed by atoms with Crippen LogP contribution in [0.25, 0.3) is 0 Å². The van der Waals surface area contributed by atoms with Crippen molar-refractivity contribution in [3.8, 4) is 0 Å². The van der Waals surface area contributed by atoms with Gasteiger partial charge in [0.1, 0.15) is 0 Å². The third-order valence-electron chi connectivity index (χ3n) is 1.55. The number of methoxy groups -OCH3 is 1. The SMILES string of the molecule is COC(=O)c1ccc(S(F)(F)(F)(F)Cl)nc1. The van der Waals surface area contributed by atoms with Crippen molar-refractivity contribution in [2.45, 2.75) is 5.03 Å². The first-order valence-corrected chi connectivity index (χ1v) is 6.60. The zero-order valence-electron chi connectivity index (χ0n) is 7.79. The summed E-state index contributed by atoms with van der Waals surface area (Å²) >= 11 is 0. The first-order chi connectivity index (χ1) is 6.94. The Morgan fingerprint density at radius 3 is 2.25 bits per heavy atom. The van der Waals surface area contributed by atoms with Gasteiger partial charge in [0.2, 0.25) is 0 Å². The summed E-state index contributed by atoms with van der Waals surface area (Å²) in [6.45, 7) is 0. The maximum absolute atomic E-state index is 12.6. The number of carbonyl (C=O) groups excluding carboxylic acids is 1. The summed E-state index contributed by atoms with van der Waals surface area (Å²) in [7, 11) is -3.74. The highest BCUT2D eigenvalue weighted by atomic mass is 35.7. The second kappa shape index (κ2) is 3.01. The third-order valence-corrected chi connectivity index (χ3v) is 3.06. The minimum Gasteiger partial charge on any atom is -0.465 e. The van der Waals surface area contributed by atoms with Gasteiger partial charge in [-0.3, -0.25) is 0 Å². The molecule has 92 valence electrons. The fourth-order valence-corrected chi connectivity index (χ4v) is 1.70. The molecule has 3 nitrogen and oxygen atoms in total. The molecule has 0 aliphatic carbocycles. The highest BCUT2D eigenvalue weighted by molar-refractivity contribution is 8.65. The van der Waals surface area contributed by atoms with Gasteiger partial charge >= 0.3 is 5.97 Å². The fraction of sp³-hybridized carbons (Fsp3) is 0.143. The number of ether oxygens (including phenoxy) is 1. The van der Waals surface area contributed by atoms with Crippen LogP contribution < -0.4 is 0 Å². The molecule has 0 radical (unpaired) electrons. The molecule has 0 amide bonds. The van der Waals surface area contributed by atoms with Crippen molar-refractivity contribution >= 4 is 25.7 Å². The molecule has 0 unspecified atom stereocenters. The van der Waals surface area contributed by atoms with Crippen LogP contribution in [-0.2, 0) is 4.74 Å². The van der Waals surface area contributed by atoms with Crippen LogP contribution in [0, 0.1) is 0 Å². The van der Waals surface area contributed by atoms with E-state index in [1.54, 1.807) is 0 Å². The summed E-state index contributed by atoms with van der Waals surface area (Å²) in [6.07, 6.45) is 0.544. The lowest BCUT2D eigenvalue weighted by atomic mass is 10.3. The standard InChI is InChI=1S/C7H6ClF4NO2S/c1-15-7(14)5-2-3-6(13-4-5)16(8,9,10,11)12/h2-4H,1H3. The Balaban J connectivity index is 3.21. The number of nitrogens with zero attached hydrogens (tertiary/aromatic N) is 1. The largest absolute Gasteiger partial charge is 0.465 e. The van der Waals surface area contributed by atoms with E-state index in [4.69, 9.17) is 0 Å². The topological polar surface area (TPSA) is 39.2 Å². The van der Waals surface area contributed by atoms with Crippen LogP contribution in [0.4, 0.5) is 15.5 Å². The Kier molecular flexibility index (Phi) is 2.45. The van der Waals surface area contributed by atoms with Gasteiger partial charge in [-0.1, -0.05) is 0 Å². The van der Waals surface area contributed by atoms with Crippen molar-refractivity contribution in [2.24, 2.45) is 0 Å². The molecule has 16 heavy (non-hydrogen) atoms. The van der Waals surface area contributed by atoms with E-state index in [1.165, 1.54) is 0 Å². The predicted molar refractivity (Wildman–Crippen MR) is 51.7 cm³/mol. The fourth-order valence-electron chi connectivity index (χ4n) is 0.847. The van der Waals surface area contributed by atoms with Gasteiger partial charge in [-0.05, 0) is 12.1 Å². The molecule has 0 aliphatic rings. The molecule has 0 fully saturated rings. The van der Waals surface area contributed by atoms with Crippen molar-refractivity contribution < 1.29 is 25.1 Å². The van der Waals surface area contributed by atoms with Crippen molar-refractivity contribution in [3.05, 3.63) is 23.9 Å². The number of pyridine rings is 1. The smallest absolute Gasteiger partial charge is 0.339 e. The van der Waals surface area contributed by atoms with Gasteiger partial charge in [0.25, 0.3) is 9.05 Å². The Morgan fingerprint density at radius 1 is 1.38 bits per heavy atom. The Hall–Kier alpha value is -1.02. The number of esters is 1. The molecule has 1 aromatic heterocycles. The number of hydrogen-bond donors (Lipinski definition) is 0. The summed E-state index contributed by atoms with van der Waals surface area (Å²) < 4.78 is 54.7. The van der Waals surface area contributed by atoms with Gasteiger partial charge in [0.05, 0.1) is 12.7 Å². The summed E-state index contributed by atoms with van der Waals surface area (Å²) in [5, 5.41) is -1.85. The summed E-state index contributed by atoms with van der Waals surface area (Å²) in [5.41, 5.74) is -0.232.